The molecule has 0 radical (unpaired) electrons. The molecular formula is C15H27N3O2. The van der Waals surface area contributed by atoms with Crippen LogP contribution in [0.5, 0.6) is 0 Å². The number of H-pyrrole nitrogens is 2. The Balaban J connectivity index is 2.50. The Labute approximate surface area is 120 Å². The van der Waals surface area contributed by atoms with Crippen molar-refractivity contribution >= 4 is 5.91 Å². The third-order valence-corrected chi connectivity index (χ3v) is 3.41. The fourth-order valence-corrected chi connectivity index (χ4v) is 2.21. The van der Waals surface area contributed by atoms with Crippen molar-refractivity contribution in [2.24, 2.45) is 0 Å². The van der Waals surface area contributed by atoms with Crippen molar-refractivity contribution in [3.8, 4) is 0 Å². The van der Waals surface area contributed by atoms with Crippen LogP contribution < -0.4 is 5.69 Å². The second-order valence-electron chi connectivity index (χ2n) is 5.24. The number of amides is 1. The highest BCUT2D eigenvalue weighted by Gasteiger charge is 2.14. The standard InChI is InChI=1S/C15H27N3O2/c1-3-5-7-9-18(10-8-6-4-2)14(19)11-13-12-16-15(20)17-13/h12H,3-11H2,1-2H3,(H2,16,17,20). The normalized spacial score (nSPS) is 10.7. The highest BCUT2D eigenvalue weighted by atomic mass is 16.2. The molecule has 0 aliphatic heterocycles. The van der Waals surface area contributed by atoms with Crippen LogP contribution in [-0.2, 0) is 11.2 Å². The van der Waals surface area contributed by atoms with E-state index in [1.165, 1.54) is 0 Å². The minimum Gasteiger partial charge on any atom is -0.342 e. The summed E-state index contributed by atoms with van der Waals surface area (Å²) in [4.78, 5) is 30.4. The molecule has 0 spiro atoms. The van der Waals surface area contributed by atoms with Gasteiger partial charge >= 0.3 is 5.69 Å². The molecule has 5 heteroatoms. The van der Waals surface area contributed by atoms with Crippen LogP contribution in [0.4, 0.5) is 0 Å². The van der Waals surface area contributed by atoms with Gasteiger partial charge in [-0.3, -0.25) is 4.79 Å². The quantitative estimate of drug-likeness (QED) is 0.647. The summed E-state index contributed by atoms with van der Waals surface area (Å²) in [5.41, 5.74) is 0.410. The molecule has 0 saturated heterocycles. The number of aromatic nitrogens is 2. The number of carbonyl (C=O) groups excluding carboxylic acids is 1. The number of imidazole rings is 1. The Morgan fingerprint density at radius 1 is 1.10 bits per heavy atom. The zero-order chi connectivity index (χ0) is 14.8. The van der Waals surface area contributed by atoms with Crippen LogP contribution >= 0.6 is 0 Å². The fourth-order valence-electron chi connectivity index (χ4n) is 2.21. The average molecular weight is 281 g/mol. The summed E-state index contributed by atoms with van der Waals surface area (Å²) in [5.74, 6) is 0.104. The van der Waals surface area contributed by atoms with Gasteiger partial charge in [-0.25, -0.2) is 4.79 Å². The van der Waals surface area contributed by atoms with Crippen molar-refractivity contribution < 1.29 is 4.79 Å². The highest BCUT2D eigenvalue weighted by molar-refractivity contribution is 5.78. The molecule has 0 fully saturated rings. The molecule has 114 valence electrons. The number of aromatic amines is 2. The topological polar surface area (TPSA) is 69.0 Å². The van der Waals surface area contributed by atoms with E-state index < -0.39 is 0 Å². The molecule has 1 aromatic heterocycles. The van der Waals surface area contributed by atoms with Crippen LogP contribution in [0.15, 0.2) is 11.0 Å². The van der Waals surface area contributed by atoms with Gasteiger partial charge in [-0.2, -0.15) is 0 Å². The first kappa shape index (κ1) is 16.5. The van der Waals surface area contributed by atoms with E-state index in [0.717, 1.165) is 51.6 Å². The van der Waals surface area contributed by atoms with Gasteiger partial charge in [0.15, 0.2) is 0 Å². The Hall–Kier alpha value is -1.52. The molecule has 20 heavy (non-hydrogen) atoms. The zero-order valence-electron chi connectivity index (χ0n) is 12.7. The van der Waals surface area contributed by atoms with Gasteiger partial charge < -0.3 is 14.9 Å². The van der Waals surface area contributed by atoms with E-state index in [4.69, 9.17) is 0 Å². The van der Waals surface area contributed by atoms with Crippen molar-refractivity contribution in [1.82, 2.24) is 14.9 Å². The van der Waals surface area contributed by atoms with Crippen LogP contribution in [0.2, 0.25) is 0 Å². The summed E-state index contributed by atoms with van der Waals surface area (Å²) in [6.45, 7) is 5.97. The predicted molar refractivity (Wildman–Crippen MR) is 80.7 cm³/mol. The predicted octanol–water partition coefficient (Wildman–Crippen LogP) is 2.45. The van der Waals surface area contributed by atoms with Gasteiger partial charge in [-0.05, 0) is 12.8 Å². The molecule has 0 aliphatic rings. The third kappa shape index (κ3) is 6.08. The molecule has 5 nitrogen and oxygen atoms in total. The van der Waals surface area contributed by atoms with Gasteiger partial charge in [-0.1, -0.05) is 39.5 Å². The summed E-state index contributed by atoms with van der Waals surface area (Å²) in [6.07, 6.45) is 8.57. The number of nitrogens with one attached hydrogen (secondary N) is 2. The molecule has 0 bridgehead atoms. The van der Waals surface area contributed by atoms with Crippen molar-refractivity contribution in [1.29, 1.82) is 0 Å². The maximum Gasteiger partial charge on any atom is 0.323 e. The van der Waals surface area contributed by atoms with Crippen molar-refractivity contribution in [3.05, 3.63) is 22.4 Å². The Morgan fingerprint density at radius 2 is 1.70 bits per heavy atom. The largest absolute Gasteiger partial charge is 0.342 e. The summed E-state index contributed by atoms with van der Waals surface area (Å²) in [7, 11) is 0. The third-order valence-electron chi connectivity index (χ3n) is 3.41. The van der Waals surface area contributed by atoms with Gasteiger partial charge in [0.1, 0.15) is 0 Å². The lowest BCUT2D eigenvalue weighted by Gasteiger charge is -2.22. The van der Waals surface area contributed by atoms with Gasteiger partial charge in [0.05, 0.1) is 6.42 Å². The SMILES string of the molecule is CCCCCN(CCCCC)C(=O)Cc1c[nH]c(=O)[nH]1. The van der Waals surface area contributed by atoms with Crippen LogP contribution in [0.3, 0.4) is 0 Å². The van der Waals surface area contributed by atoms with Gasteiger partial charge in [-0.15, -0.1) is 0 Å². The lowest BCUT2D eigenvalue weighted by molar-refractivity contribution is -0.130. The highest BCUT2D eigenvalue weighted by Crippen LogP contribution is 2.05. The number of rotatable bonds is 10. The average Bonchev–Trinajstić information content (AvgIpc) is 2.82. The van der Waals surface area contributed by atoms with E-state index in [2.05, 4.69) is 23.8 Å². The summed E-state index contributed by atoms with van der Waals surface area (Å²) >= 11 is 0. The molecule has 1 rings (SSSR count). The van der Waals surface area contributed by atoms with Crippen LogP contribution in [0, 0.1) is 0 Å². The Bertz CT molecular complexity index is 426. The molecule has 2 N–H and O–H groups in total. The molecule has 0 unspecified atom stereocenters. The Morgan fingerprint density at radius 3 is 2.15 bits per heavy atom. The van der Waals surface area contributed by atoms with Crippen LogP contribution in [-0.4, -0.2) is 33.9 Å². The molecule has 0 aliphatic carbocycles. The molecule has 1 amide bonds. The maximum absolute atomic E-state index is 12.3. The van der Waals surface area contributed by atoms with E-state index in [-0.39, 0.29) is 18.0 Å². The molecule has 0 saturated carbocycles. The van der Waals surface area contributed by atoms with Gasteiger partial charge in [0, 0.05) is 25.0 Å². The van der Waals surface area contributed by atoms with E-state index in [1.54, 1.807) is 6.20 Å². The number of hydrogen-bond acceptors (Lipinski definition) is 2. The second kappa shape index (κ2) is 9.39. The summed E-state index contributed by atoms with van der Waals surface area (Å²) < 4.78 is 0. The minimum absolute atomic E-state index is 0.104. The Kier molecular flexibility index (Phi) is 7.77. The van der Waals surface area contributed by atoms with E-state index in [9.17, 15) is 9.59 Å². The maximum atomic E-state index is 12.3. The van der Waals surface area contributed by atoms with Crippen molar-refractivity contribution in [3.63, 3.8) is 0 Å². The molecule has 1 aromatic rings. The van der Waals surface area contributed by atoms with Crippen molar-refractivity contribution in [2.45, 2.75) is 58.8 Å². The lowest BCUT2D eigenvalue weighted by atomic mass is 10.2. The number of nitrogens with zero attached hydrogens (tertiary/aromatic N) is 1. The fraction of sp³-hybridized carbons (Fsp3) is 0.733. The minimum atomic E-state index is -0.253. The van der Waals surface area contributed by atoms with E-state index in [1.807, 2.05) is 4.90 Å². The van der Waals surface area contributed by atoms with E-state index in [0.29, 0.717) is 5.69 Å². The second-order valence-corrected chi connectivity index (χ2v) is 5.24. The van der Waals surface area contributed by atoms with E-state index >= 15 is 0 Å². The number of unbranched alkanes of at least 4 members (excludes halogenated alkanes) is 4. The molecule has 0 atom stereocenters. The molecule has 1 heterocycles. The van der Waals surface area contributed by atoms with Gasteiger partial charge in [0.25, 0.3) is 0 Å². The summed E-state index contributed by atoms with van der Waals surface area (Å²) in [6, 6.07) is 0. The number of hydrogen-bond donors (Lipinski definition) is 2. The van der Waals surface area contributed by atoms with Crippen LogP contribution in [0.1, 0.15) is 58.1 Å². The first-order chi connectivity index (χ1) is 9.67. The van der Waals surface area contributed by atoms with Crippen molar-refractivity contribution in [2.75, 3.05) is 13.1 Å². The lowest BCUT2D eigenvalue weighted by Crippen LogP contribution is -2.34. The van der Waals surface area contributed by atoms with Crippen LogP contribution in [0.25, 0.3) is 0 Å². The molecular weight excluding hydrogens is 254 g/mol. The first-order valence-corrected chi connectivity index (χ1v) is 7.71. The van der Waals surface area contributed by atoms with Gasteiger partial charge in [0.2, 0.25) is 5.91 Å². The number of carbonyl (C=O) groups is 1. The monoisotopic (exact) mass is 281 g/mol. The molecule has 0 aromatic carbocycles. The summed E-state index contributed by atoms with van der Waals surface area (Å²) in [5, 5.41) is 0. The zero-order valence-corrected chi connectivity index (χ0v) is 12.7. The smallest absolute Gasteiger partial charge is 0.323 e. The first-order valence-electron chi connectivity index (χ1n) is 7.71.